The van der Waals surface area contributed by atoms with Gasteiger partial charge in [0.15, 0.2) is 17.5 Å². The third kappa shape index (κ3) is 3.43. The summed E-state index contributed by atoms with van der Waals surface area (Å²) in [7, 11) is 0. The largest absolute Gasteiger partial charge is 0.474 e. The molecule has 2 amide bonds. The van der Waals surface area contributed by atoms with Gasteiger partial charge in [0.05, 0.1) is 5.92 Å². The van der Waals surface area contributed by atoms with Crippen molar-refractivity contribution in [2.24, 2.45) is 11.8 Å². The maximum Gasteiger partial charge on any atom is 0.394 e. The number of carboxylic acid groups (broad SMARTS) is 1. The highest BCUT2D eigenvalue weighted by Gasteiger charge is 2.38. The van der Waals surface area contributed by atoms with Crippen molar-refractivity contribution >= 4 is 23.5 Å². The van der Waals surface area contributed by atoms with E-state index < -0.39 is 41.2 Å². The van der Waals surface area contributed by atoms with Crippen LogP contribution in [0.3, 0.4) is 0 Å². The molecule has 9 heteroatoms. The summed E-state index contributed by atoms with van der Waals surface area (Å²) < 4.78 is 39.1. The van der Waals surface area contributed by atoms with Gasteiger partial charge in [0.1, 0.15) is 0 Å². The molecular formula is C14H13F3N2O4. The Hall–Kier alpha value is -2.58. The molecule has 0 spiro atoms. The number of nitrogens with one attached hydrogen (secondary N) is 1. The van der Waals surface area contributed by atoms with Crippen LogP contribution in [0.1, 0.15) is 6.92 Å². The molecule has 1 aromatic rings. The van der Waals surface area contributed by atoms with Gasteiger partial charge in [-0.05, 0) is 5.92 Å². The van der Waals surface area contributed by atoms with E-state index in [2.05, 4.69) is 5.32 Å². The predicted octanol–water partition coefficient (Wildman–Crippen LogP) is 1.22. The molecule has 2 rings (SSSR count). The summed E-state index contributed by atoms with van der Waals surface area (Å²) >= 11 is 0. The Balaban J connectivity index is 2.09. The third-order valence-electron chi connectivity index (χ3n) is 3.67. The van der Waals surface area contributed by atoms with E-state index in [4.69, 9.17) is 5.11 Å². The highest BCUT2D eigenvalue weighted by molar-refractivity contribution is 6.31. The van der Waals surface area contributed by atoms with Crippen LogP contribution in [0, 0.1) is 29.3 Å². The summed E-state index contributed by atoms with van der Waals surface area (Å²) in [5.74, 6) is -8.99. The van der Waals surface area contributed by atoms with Crippen molar-refractivity contribution in [3.63, 3.8) is 0 Å². The van der Waals surface area contributed by atoms with E-state index in [0.29, 0.717) is 12.1 Å². The SMILES string of the molecule is C[C@@H]1CN(C(=O)C(=O)O)C[C@H]1C(=O)Nc1cc(F)c(F)c(F)c1. The molecule has 1 heterocycles. The van der Waals surface area contributed by atoms with Crippen LogP contribution < -0.4 is 5.32 Å². The predicted molar refractivity (Wildman–Crippen MR) is 71.8 cm³/mol. The average Bonchev–Trinajstić information content (AvgIpc) is 2.85. The molecule has 1 fully saturated rings. The number of aliphatic carboxylic acids is 1. The van der Waals surface area contributed by atoms with Gasteiger partial charge in [-0.2, -0.15) is 0 Å². The first-order valence-corrected chi connectivity index (χ1v) is 6.68. The van der Waals surface area contributed by atoms with E-state index in [9.17, 15) is 27.6 Å². The number of hydrogen-bond donors (Lipinski definition) is 2. The maximum absolute atomic E-state index is 13.1. The molecule has 0 unspecified atom stereocenters. The highest BCUT2D eigenvalue weighted by Crippen LogP contribution is 2.25. The molecule has 1 aromatic carbocycles. The minimum absolute atomic E-state index is 0.0787. The molecule has 2 N–H and O–H groups in total. The van der Waals surface area contributed by atoms with E-state index in [1.807, 2.05) is 0 Å². The molecule has 1 aliphatic rings. The van der Waals surface area contributed by atoms with Crippen molar-refractivity contribution < 1.29 is 32.7 Å². The number of hydrogen-bond acceptors (Lipinski definition) is 3. The summed E-state index contributed by atoms with van der Waals surface area (Å²) in [5.41, 5.74) is -0.262. The van der Waals surface area contributed by atoms with Gasteiger partial charge >= 0.3 is 11.9 Å². The number of benzene rings is 1. The zero-order valence-corrected chi connectivity index (χ0v) is 12.0. The van der Waals surface area contributed by atoms with Crippen LogP contribution >= 0.6 is 0 Å². The number of halogens is 3. The lowest BCUT2D eigenvalue weighted by Gasteiger charge is -2.15. The number of rotatable bonds is 2. The summed E-state index contributed by atoms with van der Waals surface area (Å²) in [5, 5.41) is 10.9. The van der Waals surface area contributed by atoms with Crippen LogP contribution in [-0.2, 0) is 14.4 Å². The highest BCUT2D eigenvalue weighted by atomic mass is 19.2. The molecule has 2 atom stereocenters. The van der Waals surface area contributed by atoms with Crippen molar-refractivity contribution in [3.8, 4) is 0 Å². The topological polar surface area (TPSA) is 86.7 Å². The molecule has 23 heavy (non-hydrogen) atoms. The number of nitrogens with zero attached hydrogens (tertiary/aromatic N) is 1. The zero-order chi connectivity index (χ0) is 17.3. The Bertz CT molecular complexity index is 657. The molecule has 0 aliphatic carbocycles. The molecule has 0 bridgehead atoms. The monoisotopic (exact) mass is 330 g/mol. The van der Waals surface area contributed by atoms with E-state index in [0.717, 1.165) is 4.90 Å². The van der Waals surface area contributed by atoms with Gasteiger partial charge in [-0.15, -0.1) is 0 Å². The number of likely N-dealkylation sites (tertiary alicyclic amines) is 1. The Morgan fingerprint density at radius 3 is 2.26 bits per heavy atom. The second kappa shape index (κ2) is 6.27. The molecule has 1 saturated heterocycles. The quantitative estimate of drug-likeness (QED) is 0.631. The van der Waals surface area contributed by atoms with Gasteiger partial charge in [0.25, 0.3) is 0 Å². The summed E-state index contributed by atoms with van der Waals surface area (Å²) in [6, 6.07) is 1.27. The summed E-state index contributed by atoms with van der Waals surface area (Å²) in [4.78, 5) is 35.2. The normalized spacial score (nSPS) is 20.4. The van der Waals surface area contributed by atoms with Crippen molar-refractivity contribution in [1.82, 2.24) is 4.90 Å². The first kappa shape index (κ1) is 16.8. The average molecular weight is 330 g/mol. The minimum atomic E-state index is -1.64. The lowest BCUT2D eigenvalue weighted by atomic mass is 9.97. The van der Waals surface area contributed by atoms with Gasteiger partial charge in [-0.1, -0.05) is 6.92 Å². The van der Waals surface area contributed by atoms with Crippen molar-refractivity contribution in [2.45, 2.75) is 6.92 Å². The van der Waals surface area contributed by atoms with Crippen molar-refractivity contribution in [3.05, 3.63) is 29.6 Å². The van der Waals surface area contributed by atoms with Crippen LogP contribution in [0.4, 0.5) is 18.9 Å². The number of carbonyl (C=O) groups excluding carboxylic acids is 2. The van der Waals surface area contributed by atoms with Crippen molar-refractivity contribution in [2.75, 3.05) is 18.4 Å². The van der Waals surface area contributed by atoms with Gasteiger partial charge in [0, 0.05) is 30.9 Å². The van der Waals surface area contributed by atoms with Gasteiger partial charge in [-0.3, -0.25) is 9.59 Å². The first-order valence-electron chi connectivity index (χ1n) is 6.68. The lowest BCUT2D eigenvalue weighted by molar-refractivity contribution is -0.155. The molecule has 0 saturated carbocycles. The molecule has 0 aromatic heterocycles. The van der Waals surface area contributed by atoms with Crippen LogP contribution in [0.15, 0.2) is 12.1 Å². The Labute approximate surface area is 128 Å². The van der Waals surface area contributed by atoms with Gasteiger partial charge in [0.2, 0.25) is 5.91 Å². The standard InChI is InChI=1S/C14H13F3N2O4/c1-6-4-19(13(21)14(22)23)5-8(6)12(20)18-7-2-9(15)11(17)10(16)3-7/h2-3,6,8H,4-5H2,1H3,(H,18,20)(H,22,23)/t6-,8-/m1/s1. The van der Waals surface area contributed by atoms with Gasteiger partial charge in [-0.25, -0.2) is 18.0 Å². The second-order valence-electron chi connectivity index (χ2n) is 5.34. The van der Waals surface area contributed by atoms with E-state index >= 15 is 0 Å². The van der Waals surface area contributed by atoms with Crippen LogP contribution in [0.5, 0.6) is 0 Å². The van der Waals surface area contributed by atoms with Crippen LogP contribution in [0.2, 0.25) is 0 Å². The van der Waals surface area contributed by atoms with Crippen LogP contribution in [0.25, 0.3) is 0 Å². The number of carboxylic acids is 1. The van der Waals surface area contributed by atoms with Crippen molar-refractivity contribution in [1.29, 1.82) is 0 Å². The molecule has 1 aliphatic heterocycles. The summed E-state index contributed by atoms with van der Waals surface area (Å²) in [6.45, 7) is 1.60. The molecular weight excluding hydrogens is 317 g/mol. The molecule has 0 radical (unpaired) electrons. The first-order chi connectivity index (χ1) is 10.7. The number of carbonyl (C=O) groups is 3. The zero-order valence-electron chi connectivity index (χ0n) is 12.0. The van der Waals surface area contributed by atoms with E-state index in [1.165, 1.54) is 0 Å². The minimum Gasteiger partial charge on any atom is -0.474 e. The van der Waals surface area contributed by atoms with E-state index in [-0.39, 0.29) is 24.7 Å². The fourth-order valence-corrected chi connectivity index (χ4v) is 2.47. The maximum atomic E-state index is 13.1. The Morgan fingerprint density at radius 1 is 1.17 bits per heavy atom. The molecule has 124 valence electrons. The van der Waals surface area contributed by atoms with Gasteiger partial charge < -0.3 is 15.3 Å². The Morgan fingerprint density at radius 2 is 1.74 bits per heavy atom. The van der Waals surface area contributed by atoms with Crippen LogP contribution in [-0.4, -0.2) is 40.9 Å². The number of amides is 2. The fourth-order valence-electron chi connectivity index (χ4n) is 2.47. The summed E-state index contributed by atoms with van der Waals surface area (Å²) in [6.07, 6.45) is 0. The van der Waals surface area contributed by atoms with E-state index in [1.54, 1.807) is 6.92 Å². The fraction of sp³-hybridized carbons (Fsp3) is 0.357. The number of anilines is 1. The molecule has 6 nitrogen and oxygen atoms in total. The smallest absolute Gasteiger partial charge is 0.394 e. The second-order valence-corrected chi connectivity index (χ2v) is 5.34. The lowest BCUT2D eigenvalue weighted by Crippen LogP contribution is -2.36. The Kier molecular flexibility index (Phi) is 4.57. The third-order valence-corrected chi connectivity index (χ3v) is 3.67.